The molecule has 1 amide bonds. The van der Waals surface area contributed by atoms with Crippen molar-refractivity contribution in [2.24, 2.45) is 0 Å². The van der Waals surface area contributed by atoms with Gasteiger partial charge >= 0.3 is 0 Å². The van der Waals surface area contributed by atoms with Gasteiger partial charge in [0.2, 0.25) is 0 Å². The number of nitrogens with zero attached hydrogens (tertiary/aromatic N) is 6. The fourth-order valence-electron chi connectivity index (χ4n) is 3.04. The van der Waals surface area contributed by atoms with E-state index in [1.165, 1.54) is 5.56 Å². The molecule has 0 atom stereocenters. The first-order valence-corrected chi connectivity index (χ1v) is 9.52. The molecule has 0 aliphatic carbocycles. The molecule has 0 fully saturated rings. The minimum Gasteiger partial charge on any atom is -0.305 e. The van der Waals surface area contributed by atoms with Crippen LogP contribution in [-0.2, 0) is 11.8 Å². The Labute approximate surface area is 173 Å². The normalized spacial score (nSPS) is 11.4. The summed E-state index contributed by atoms with van der Waals surface area (Å²) in [6.45, 7) is 6.40. The Bertz CT molecular complexity index is 1250. The highest BCUT2D eigenvalue weighted by Gasteiger charge is 2.15. The van der Waals surface area contributed by atoms with Crippen molar-refractivity contribution >= 4 is 17.4 Å². The molecule has 1 aromatic carbocycles. The van der Waals surface area contributed by atoms with Gasteiger partial charge in [-0.05, 0) is 35.2 Å². The van der Waals surface area contributed by atoms with Crippen LogP contribution in [0.4, 0.5) is 5.82 Å². The Morgan fingerprint density at radius 3 is 2.60 bits per heavy atom. The summed E-state index contributed by atoms with van der Waals surface area (Å²) in [5.74, 6) is 0.822. The van der Waals surface area contributed by atoms with Gasteiger partial charge in [0.25, 0.3) is 5.91 Å². The highest BCUT2D eigenvalue weighted by atomic mass is 16.1. The number of aromatic nitrogens is 5. The summed E-state index contributed by atoms with van der Waals surface area (Å²) in [4.78, 5) is 21.2. The van der Waals surface area contributed by atoms with Crippen LogP contribution in [0.5, 0.6) is 0 Å². The molecule has 0 saturated carbocycles. The van der Waals surface area contributed by atoms with Gasteiger partial charge in [-0.2, -0.15) is 5.26 Å². The maximum atomic E-state index is 12.6. The second kappa shape index (κ2) is 7.44. The van der Waals surface area contributed by atoms with Gasteiger partial charge in [-0.3, -0.25) is 9.36 Å². The number of amides is 1. The summed E-state index contributed by atoms with van der Waals surface area (Å²) in [5.41, 5.74) is 3.05. The van der Waals surface area contributed by atoms with Crippen LogP contribution in [0.1, 0.15) is 42.4 Å². The molecule has 0 unspecified atom stereocenters. The highest BCUT2D eigenvalue weighted by Crippen LogP contribution is 2.22. The van der Waals surface area contributed by atoms with Crippen LogP contribution in [0, 0.1) is 11.3 Å². The average Bonchev–Trinajstić information content (AvgIpc) is 3.33. The van der Waals surface area contributed by atoms with Crippen molar-refractivity contribution in [3.8, 4) is 11.9 Å². The van der Waals surface area contributed by atoms with Gasteiger partial charge in [0.15, 0.2) is 17.3 Å². The minimum atomic E-state index is -0.227. The summed E-state index contributed by atoms with van der Waals surface area (Å²) >= 11 is 0. The number of nitriles is 1. The number of hydrogen-bond acceptors (Lipinski definition) is 5. The Kier molecular flexibility index (Phi) is 4.80. The Hall–Kier alpha value is -3.99. The molecule has 0 spiro atoms. The van der Waals surface area contributed by atoms with Gasteiger partial charge in [0, 0.05) is 11.8 Å². The maximum Gasteiger partial charge on any atom is 0.256 e. The molecular weight excluding hydrogens is 378 g/mol. The van der Waals surface area contributed by atoms with Crippen LogP contribution in [0.25, 0.3) is 11.5 Å². The SMILES string of the molecule is CC(C)(C)c1ccc(C(=O)Nc2cn3nc(-n4cnc(CC#N)c4)ccc3n2)cc1. The number of nitrogens with one attached hydrogen (secondary N) is 1. The van der Waals surface area contributed by atoms with Gasteiger partial charge in [-0.15, -0.1) is 5.10 Å². The van der Waals surface area contributed by atoms with Crippen LogP contribution >= 0.6 is 0 Å². The number of rotatable bonds is 4. The van der Waals surface area contributed by atoms with Gasteiger partial charge in [-0.1, -0.05) is 32.9 Å². The molecule has 8 nitrogen and oxygen atoms in total. The zero-order valence-corrected chi connectivity index (χ0v) is 17.0. The van der Waals surface area contributed by atoms with E-state index in [2.05, 4.69) is 47.2 Å². The van der Waals surface area contributed by atoms with Crippen LogP contribution in [0.15, 0.2) is 55.1 Å². The molecule has 0 aliphatic heterocycles. The second-order valence-corrected chi connectivity index (χ2v) is 8.01. The van der Waals surface area contributed by atoms with E-state index < -0.39 is 0 Å². The van der Waals surface area contributed by atoms with E-state index in [4.69, 9.17) is 5.26 Å². The molecule has 4 aromatic rings. The van der Waals surface area contributed by atoms with Crippen LogP contribution in [-0.4, -0.2) is 30.1 Å². The van der Waals surface area contributed by atoms with Crippen molar-refractivity contribution in [2.45, 2.75) is 32.6 Å². The lowest BCUT2D eigenvalue weighted by molar-refractivity contribution is 0.102. The summed E-state index contributed by atoms with van der Waals surface area (Å²) in [6, 6.07) is 13.3. The molecule has 30 heavy (non-hydrogen) atoms. The number of fused-ring (bicyclic) bond motifs is 1. The second-order valence-electron chi connectivity index (χ2n) is 8.01. The summed E-state index contributed by atoms with van der Waals surface area (Å²) < 4.78 is 3.33. The zero-order chi connectivity index (χ0) is 21.3. The molecule has 0 bridgehead atoms. The summed E-state index contributed by atoms with van der Waals surface area (Å²) in [6.07, 6.45) is 5.28. The number of carbonyl (C=O) groups is 1. The number of hydrogen-bond donors (Lipinski definition) is 1. The van der Waals surface area contributed by atoms with Crippen LogP contribution < -0.4 is 5.32 Å². The fourth-order valence-corrected chi connectivity index (χ4v) is 3.04. The number of imidazole rings is 2. The van der Waals surface area contributed by atoms with Crippen molar-refractivity contribution in [2.75, 3.05) is 5.32 Å². The van der Waals surface area contributed by atoms with E-state index >= 15 is 0 Å². The molecule has 1 N–H and O–H groups in total. The monoisotopic (exact) mass is 399 g/mol. The van der Waals surface area contributed by atoms with Crippen LogP contribution in [0.2, 0.25) is 0 Å². The Morgan fingerprint density at radius 1 is 1.13 bits per heavy atom. The van der Waals surface area contributed by atoms with Gasteiger partial charge in [-0.25, -0.2) is 14.5 Å². The molecular formula is C22H21N7O. The zero-order valence-electron chi connectivity index (χ0n) is 17.0. The Morgan fingerprint density at radius 2 is 1.90 bits per heavy atom. The van der Waals surface area contributed by atoms with Crippen molar-refractivity contribution in [3.63, 3.8) is 0 Å². The number of benzene rings is 1. The van der Waals surface area contributed by atoms with Gasteiger partial charge in [0.05, 0.1) is 24.4 Å². The number of anilines is 1. The van der Waals surface area contributed by atoms with E-state index in [9.17, 15) is 4.79 Å². The van der Waals surface area contributed by atoms with Crippen molar-refractivity contribution in [1.29, 1.82) is 5.26 Å². The van der Waals surface area contributed by atoms with Crippen molar-refractivity contribution < 1.29 is 4.79 Å². The third-order valence-electron chi connectivity index (χ3n) is 4.72. The molecule has 3 heterocycles. The lowest BCUT2D eigenvalue weighted by Crippen LogP contribution is -2.14. The van der Waals surface area contributed by atoms with Crippen LogP contribution in [0.3, 0.4) is 0 Å². The standard InChI is InChI=1S/C22H21N7O/c1-22(2,3)16-6-4-15(5-7-16)21(30)26-18-13-29-19(25-18)8-9-20(27-29)28-12-17(10-11-23)24-14-28/h4-9,12-14H,10H2,1-3H3,(H,26,30). The number of carbonyl (C=O) groups excluding carboxylic acids is 1. The largest absolute Gasteiger partial charge is 0.305 e. The topological polar surface area (TPSA) is 101 Å². The summed E-state index contributed by atoms with van der Waals surface area (Å²) in [7, 11) is 0. The Balaban J connectivity index is 1.53. The predicted octanol–water partition coefficient (Wildman–Crippen LogP) is 3.53. The predicted molar refractivity (Wildman–Crippen MR) is 113 cm³/mol. The maximum absolute atomic E-state index is 12.6. The van der Waals surface area contributed by atoms with E-state index in [0.29, 0.717) is 28.5 Å². The highest BCUT2D eigenvalue weighted by molar-refractivity contribution is 6.03. The summed E-state index contributed by atoms with van der Waals surface area (Å²) in [5, 5.41) is 16.1. The van der Waals surface area contributed by atoms with Crippen molar-refractivity contribution in [1.82, 2.24) is 24.1 Å². The van der Waals surface area contributed by atoms with E-state index in [-0.39, 0.29) is 17.7 Å². The van der Waals surface area contributed by atoms with Crippen molar-refractivity contribution in [3.05, 3.63) is 71.9 Å². The molecule has 3 aromatic heterocycles. The van der Waals surface area contributed by atoms with Gasteiger partial charge < -0.3 is 5.32 Å². The lowest BCUT2D eigenvalue weighted by Gasteiger charge is -2.18. The molecule has 0 radical (unpaired) electrons. The smallest absolute Gasteiger partial charge is 0.256 e. The van der Waals surface area contributed by atoms with E-state index in [0.717, 1.165) is 0 Å². The molecule has 0 aliphatic rings. The van der Waals surface area contributed by atoms with E-state index in [1.807, 2.05) is 24.3 Å². The first-order chi connectivity index (χ1) is 14.3. The first kappa shape index (κ1) is 19.3. The van der Waals surface area contributed by atoms with E-state index in [1.54, 1.807) is 39.9 Å². The minimum absolute atomic E-state index is 0.0323. The lowest BCUT2D eigenvalue weighted by atomic mass is 9.87. The first-order valence-electron chi connectivity index (χ1n) is 9.52. The molecule has 0 saturated heterocycles. The molecule has 4 rings (SSSR count). The quantitative estimate of drug-likeness (QED) is 0.566. The molecule has 8 heteroatoms. The third kappa shape index (κ3) is 3.91. The fraction of sp³-hybridized carbons (Fsp3) is 0.227. The average molecular weight is 399 g/mol. The third-order valence-corrected chi connectivity index (χ3v) is 4.72. The van der Waals surface area contributed by atoms with Gasteiger partial charge in [0.1, 0.15) is 6.33 Å². The molecule has 150 valence electrons.